The number of aromatic amines is 1. The minimum atomic E-state index is -0.0312. The quantitative estimate of drug-likeness (QED) is 0.734. The Bertz CT molecular complexity index is 1070. The van der Waals surface area contributed by atoms with Gasteiger partial charge >= 0.3 is 0 Å². The molecule has 1 N–H and O–H groups in total. The number of nitrogens with zero attached hydrogens (tertiary/aromatic N) is 4. The first-order valence-electron chi connectivity index (χ1n) is 10.2. The van der Waals surface area contributed by atoms with Crippen molar-refractivity contribution in [2.75, 3.05) is 31.3 Å². The van der Waals surface area contributed by atoms with Crippen molar-refractivity contribution in [2.45, 2.75) is 38.5 Å². The van der Waals surface area contributed by atoms with E-state index in [2.05, 4.69) is 21.8 Å². The molecule has 0 saturated carbocycles. The van der Waals surface area contributed by atoms with Crippen LogP contribution in [-0.4, -0.2) is 52.2 Å². The van der Waals surface area contributed by atoms with E-state index in [-0.39, 0.29) is 17.7 Å². The van der Waals surface area contributed by atoms with Crippen molar-refractivity contribution >= 4 is 16.7 Å². The zero-order valence-electron chi connectivity index (χ0n) is 16.5. The lowest BCUT2D eigenvalue weighted by molar-refractivity contribution is -0.0393. The molecule has 8 nitrogen and oxygen atoms in total. The molecule has 0 aromatic carbocycles. The van der Waals surface area contributed by atoms with Gasteiger partial charge in [0.15, 0.2) is 5.43 Å². The van der Waals surface area contributed by atoms with E-state index in [1.165, 1.54) is 0 Å². The van der Waals surface area contributed by atoms with E-state index >= 15 is 0 Å². The van der Waals surface area contributed by atoms with E-state index in [1.807, 2.05) is 16.9 Å². The SMILES string of the molecule is C[C@@H]1COCCN1c1cc(=O)c2ccnc(-c3ccn(C4CCCCO4)n3)c2[nH]1. The molecular formula is C21H25N5O3. The van der Waals surface area contributed by atoms with E-state index in [0.29, 0.717) is 29.8 Å². The normalized spacial score (nSPS) is 22.9. The third-order valence-corrected chi connectivity index (χ3v) is 5.72. The summed E-state index contributed by atoms with van der Waals surface area (Å²) in [5, 5.41) is 5.33. The molecule has 2 aliphatic rings. The van der Waals surface area contributed by atoms with E-state index in [4.69, 9.17) is 14.6 Å². The highest BCUT2D eigenvalue weighted by molar-refractivity contribution is 5.91. The smallest absolute Gasteiger partial charge is 0.191 e. The molecule has 2 fully saturated rings. The number of H-pyrrole nitrogens is 1. The van der Waals surface area contributed by atoms with Gasteiger partial charge in [0.2, 0.25) is 0 Å². The lowest BCUT2D eigenvalue weighted by Crippen LogP contribution is -2.44. The van der Waals surface area contributed by atoms with Crippen molar-refractivity contribution in [1.29, 1.82) is 0 Å². The minimum Gasteiger partial charge on any atom is -0.377 e. The van der Waals surface area contributed by atoms with Gasteiger partial charge in [0.05, 0.1) is 24.8 Å². The molecular weight excluding hydrogens is 370 g/mol. The van der Waals surface area contributed by atoms with Crippen molar-refractivity contribution in [2.24, 2.45) is 0 Å². The fraction of sp³-hybridized carbons (Fsp3) is 0.476. The number of ether oxygens (including phenoxy) is 2. The molecule has 29 heavy (non-hydrogen) atoms. The molecule has 0 aliphatic carbocycles. The third-order valence-electron chi connectivity index (χ3n) is 5.72. The Morgan fingerprint density at radius 1 is 1.24 bits per heavy atom. The monoisotopic (exact) mass is 395 g/mol. The van der Waals surface area contributed by atoms with Gasteiger partial charge in [-0.2, -0.15) is 5.10 Å². The standard InChI is InChI=1S/C21H25N5O3/c1-14-13-28-11-9-25(14)18-12-17(27)15-5-7-22-21(20(15)23-18)16-6-8-26(24-16)19-4-2-3-10-29-19/h5-8,12,14,19H,2-4,9-11,13H2,1H3,(H,23,27)/t14-,19?/m1/s1. The highest BCUT2D eigenvalue weighted by atomic mass is 16.5. The molecule has 1 unspecified atom stereocenters. The number of hydrogen-bond donors (Lipinski definition) is 1. The highest BCUT2D eigenvalue weighted by Crippen LogP contribution is 2.27. The van der Waals surface area contributed by atoms with Crippen LogP contribution >= 0.6 is 0 Å². The fourth-order valence-electron chi connectivity index (χ4n) is 4.15. The molecule has 8 heteroatoms. The second kappa shape index (κ2) is 7.61. The van der Waals surface area contributed by atoms with Crippen LogP contribution in [0.5, 0.6) is 0 Å². The first kappa shape index (κ1) is 18.3. The highest BCUT2D eigenvalue weighted by Gasteiger charge is 2.22. The van der Waals surface area contributed by atoms with Crippen LogP contribution in [-0.2, 0) is 9.47 Å². The Hall–Kier alpha value is -2.71. The Balaban J connectivity index is 1.57. The summed E-state index contributed by atoms with van der Waals surface area (Å²) in [7, 11) is 0. The van der Waals surface area contributed by atoms with Crippen LogP contribution in [0.2, 0.25) is 0 Å². The molecule has 2 saturated heterocycles. The van der Waals surface area contributed by atoms with Crippen molar-refractivity contribution in [3.8, 4) is 11.4 Å². The molecule has 5 heterocycles. The zero-order valence-corrected chi connectivity index (χ0v) is 16.5. The summed E-state index contributed by atoms with van der Waals surface area (Å²) in [6, 6.07) is 5.55. The Morgan fingerprint density at radius 2 is 2.17 bits per heavy atom. The fourth-order valence-corrected chi connectivity index (χ4v) is 4.15. The summed E-state index contributed by atoms with van der Waals surface area (Å²) in [5.41, 5.74) is 2.10. The largest absolute Gasteiger partial charge is 0.377 e. The summed E-state index contributed by atoms with van der Waals surface area (Å²) in [5.74, 6) is 0.794. The molecule has 0 amide bonds. The van der Waals surface area contributed by atoms with Crippen molar-refractivity contribution in [1.82, 2.24) is 19.7 Å². The van der Waals surface area contributed by atoms with Crippen molar-refractivity contribution in [3.05, 3.63) is 40.8 Å². The molecule has 0 spiro atoms. The maximum Gasteiger partial charge on any atom is 0.191 e. The second-order valence-corrected chi connectivity index (χ2v) is 7.72. The predicted octanol–water partition coefficient (Wildman–Crippen LogP) is 2.71. The van der Waals surface area contributed by atoms with E-state index < -0.39 is 0 Å². The summed E-state index contributed by atoms with van der Waals surface area (Å²) >= 11 is 0. The van der Waals surface area contributed by atoms with E-state index in [0.717, 1.165) is 43.9 Å². The van der Waals surface area contributed by atoms with Gasteiger partial charge in [-0.1, -0.05) is 0 Å². The molecule has 0 bridgehead atoms. The van der Waals surface area contributed by atoms with Gasteiger partial charge in [-0.3, -0.25) is 9.78 Å². The zero-order chi connectivity index (χ0) is 19.8. The topological polar surface area (TPSA) is 85.3 Å². The number of hydrogen-bond acceptors (Lipinski definition) is 6. The summed E-state index contributed by atoms with van der Waals surface area (Å²) in [4.78, 5) is 23.0. The minimum absolute atomic E-state index is 0.0221. The van der Waals surface area contributed by atoms with Crippen LogP contribution in [0.4, 0.5) is 5.82 Å². The summed E-state index contributed by atoms with van der Waals surface area (Å²) in [6.07, 6.45) is 6.76. The lowest BCUT2D eigenvalue weighted by Gasteiger charge is -2.34. The molecule has 2 aliphatic heterocycles. The van der Waals surface area contributed by atoms with Gasteiger partial charge < -0.3 is 19.4 Å². The van der Waals surface area contributed by atoms with Crippen LogP contribution in [0.25, 0.3) is 22.3 Å². The first-order valence-corrected chi connectivity index (χ1v) is 10.2. The van der Waals surface area contributed by atoms with Crippen molar-refractivity contribution in [3.63, 3.8) is 0 Å². The van der Waals surface area contributed by atoms with Gasteiger partial charge in [-0.25, -0.2) is 4.68 Å². The molecule has 0 radical (unpaired) electrons. The van der Waals surface area contributed by atoms with Gasteiger partial charge in [-0.15, -0.1) is 0 Å². The number of aromatic nitrogens is 4. The number of anilines is 1. The molecule has 152 valence electrons. The number of fused-ring (bicyclic) bond motifs is 1. The molecule has 3 aromatic heterocycles. The van der Waals surface area contributed by atoms with Gasteiger partial charge in [0, 0.05) is 37.0 Å². The average molecular weight is 395 g/mol. The van der Waals surface area contributed by atoms with Gasteiger partial charge in [-0.05, 0) is 38.3 Å². The number of rotatable bonds is 3. The maximum atomic E-state index is 12.8. The van der Waals surface area contributed by atoms with Gasteiger partial charge in [0.1, 0.15) is 23.4 Å². The van der Waals surface area contributed by atoms with Crippen LogP contribution in [0, 0.1) is 0 Å². The second-order valence-electron chi connectivity index (χ2n) is 7.72. The molecule has 3 aromatic rings. The van der Waals surface area contributed by atoms with E-state index in [9.17, 15) is 4.79 Å². The summed E-state index contributed by atoms with van der Waals surface area (Å²) in [6.45, 7) is 4.90. The van der Waals surface area contributed by atoms with Crippen LogP contribution in [0.1, 0.15) is 32.4 Å². The van der Waals surface area contributed by atoms with Crippen LogP contribution < -0.4 is 10.3 Å². The third kappa shape index (κ3) is 3.42. The Morgan fingerprint density at radius 3 is 3.00 bits per heavy atom. The summed E-state index contributed by atoms with van der Waals surface area (Å²) < 4.78 is 13.2. The van der Waals surface area contributed by atoms with Crippen LogP contribution in [0.3, 0.4) is 0 Å². The van der Waals surface area contributed by atoms with E-state index in [1.54, 1.807) is 18.3 Å². The average Bonchev–Trinajstić information content (AvgIpc) is 3.24. The number of pyridine rings is 2. The Labute approximate surface area is 168 Å². The molecule has 5 rings (SSSR count). The van der Waals surface area contributed by atoms with Crippen LogP contribution in [0.15, 0.2) is 35.4 Å². The molecule has 2 atom stereocenters. The number of morpholine rings is 1. The van der Waals surface area contributed by atoms with Gasteiger partial charge in [0.25, 0.3) is 0 Å². The Kier molecular flexibility index (Phi) is 4.81. The maximum absolute atomic E-state index is 12.8. The number of nitrogens with one attached hydrogen (secondary N) is 1. The lowest BCUT2D eigenvalue weighted by atomic mass is 10.1. The predicted molar refractivity (Wildman–Crippen MR) is 110 cm³/mol. The van der Waals surface area contributed by atoms with Crippen molar-refractivity contribution < 1.29 is 9.47 Å². The first-order chi connectivity index (χ1) is 14.2.